The molecule has 2 aliphatic carbocycles. The number of carbonyl (C=O) groups excluding carboxylic acids is 1. The van der Waals surface area contributed by atoms with E-state index >= 15 is 0 Å². The van der Waals surface area contributed by atoms with E-state index in [0.29, 0.717) is 18.3 Å². The summed E-state index contributed by atoms with van der Waals surface area (Å²) in [6.07, 6.45) is 15.5. The van der Waals surface area contributed by atoms with E-state index in [-0.39, 0.29) is 24.0 Å². The molecule has 0 aromatic rings. The van der Waals surface area contributed by atoms with E-state index in [9.17, 15) is 15.0 Å². The molecule has 4 heteroatoms. The highest BCUT2D eigenvalue weighted by Crippen LogP contribution is 2.48. The first kappa shape index (κ1) is 22.2. The SMILES string of the molecule is CCCCC[C@H](O)C=C[C@@H]1[C@H]2CC(CCCCC(=O)N(C)C)=C[C@H]2C[C@H]1O. The van der Waals surface area contributed by atoms with E-state index < -0.39 is 0 Å². The van der Waals surface area contributed by atoms with Gasteiger partial charge >= 0.3 is 0 Å². The molecular weight excluding hydrogens is 338 g/mol. The quantitative estimate of drug-likeness (QED) is 0.421. The van der Waals surface area contributed by atoms with Crippen LogP contribution in [0.4, 0.5) is 0 Å². The smallest absolute Gasteiger partial charge is 0.222 e. The van der Waals surface area contributed by atoms with Crippen molar-refractivity contribution in [3.8, 4) is 0 Å². The number of carbonyl (C=O) groups is 1. The predicted octanol–water partition coefficient (Wildman–Crippen LogP) is 4.08. The summed E-state index contributed by atoms with van der Waals surface area (Å²) in [5.74, 6) is 1.33. The Bertz CT molecular complexity index is 526. The van der Waals surface area contributed by atoms with Crippen LogP contribution in [0.2, 0.25) is 0 Å². The first-order valence-electron chi connectivity index (χ1n) is 10.9. The van der Waals surface area contributed by atoms with E-state index in [1.54, 1.807) is 4.90 Å². The molecule has 154 valence electrons. The fraction of sp³-hybridized carbons (Fsp3) is 0.783. The molecule has 0 bridgehead atoms. The van der Waals surface area contributed by atoms with Crippen molar-refractivity contribution in [2.45, 2.75) is 83.3 Å². The first-order valence-corrected chi connectivity index (χ1v) is 10.9. The largest absolute Gasteiger partial charge is 0.392 e. The lowest BCUT2D eigenvalue weighted by molar-refractivity contribution is -0.128. The topological polar surface area (TPSA) is 60.8 Å². The van der Waals surface area contributed by atoms with E-state index in [2.05, 4.69) is 19.1 Å². The van der Waals surface area contributed by atoms with Crippen LogP contribution in [-0.2, 0) is 4.79 Å². The van der Waals surface area contributed by atoms with Crippen LogP contribution in [0.5, 0.6) is 0 Å². The van der Waals surface area contributed by atoms with E-state index in [1.165, 1.54) is 12.0 Å². The van der Waals surface area contributed by atoms with Crippen LogP contribution in [0.15, 0.2) is 23.8 Å². The fourth-order valence-electron chi connectivity index (χ4n) is 4.60. The summed E-state index contributed by atoms with van der Waals surface area (Å²) in [6, 6.07) is 0. The van der Waals surface area contributed by atoms with Crippen molar-refractivity contribution in [3.63, 3.8) is 0 Å². The zero-order valence-corrected chi connectivity index (χ0v) is 17.4. The summed E-state index contributed by atoms with van der Waals surface area (Å²) in [5, 5.41) is 20.6. The molecule has 2 aliphatic rings. The molecule has 1 amide bonds. The van der Waals surface area contributed by atoms with Gasteiger partial charge in [0, 0.05) is 26.4 Å². The van der Waals surface area contributed by atoms with Crippen molar-refractivity contribution in [3.05, 3.63) is 23.8 Å². The van der Waals surface area contributed by atoms with Crippen LogP contribution in [-0.4, -0.2) is 47.3 Å². The Morgan fingerprint density at radius 1 is 1.30 bits per heavy atom. The molecule has 1 saturated carbocycles. The van der Waals surface area contributed by atoms with Gasteiger partial charge in [-0.05, 0) is 50.4 Å². The molecule has 1 fully saturated rings. The normalized spacial score (nSPS) is 28.4. The highest BCUT2D eigenvalue weighted by molar-refractivity contribution is 5.75. The monoisotopic (exact) mass is 377 g/mol. The van der Waals surface area contributed by atoms with Gasteiger partial charge in [-0.15, -0.1) is 0 Å². The number of hydrogen-bond acceptors (Lipinski definition) is 3. The van der Waals surface area contributed by atoms with Crippen molar-refractivity contribution < 1.29 is 15.0 Å². The number of hydrogen-bond donors (Lipinski definition) is 2. The second-order valence-electron chi connectivity index (χ2n) is 8.68. The van der Waals surface area contributed by atoms with Crippen LogP contribution >= 0.6 is 0 Å². The van der Waals surface area contributed by atoms with Gasteiger partial charge in [0.2, 0.25) is 5.91 Å². The Kier molecular flexibility index (Phi) is 9.04. The van der Waals surface area contributed by atoms with Gasteiger partial charge in [-0.2, -0.15) is 0 Å². The van der Waals surface area contributed by atoms with Gasteiger partial charge in [0.05, 0.1) is 12.2 Å². The molecule has 4 nitrogen and oxygen atoms in total. The van der Waals surface area contributed by atoms with Crippen LogP contribution < -0.4 is 0 Å². The molecule has 0 spiro atoms. The lowest BCUT2D eigenvalue weighted by Crippen LogP contribution is -2.21. The summed E-state index contributed by atoms with van der Waals surface area (Å²) in [7, 11) is 3.62. The van der Waals surface area contributed by atoms with Crippen molar-refractivity contribution in [2.75, 3.05) is 14.1 Å². The molecule has 27 heavy (non-hydrogen) atoms. The van der Waals surface area contributed by atoms with Crippen LogP contribution in [0.3, 0.4) is 0 Å². The number of unbranched alkanes of at least 4 members (excludes halogenated alkanes) is 3. The van der Waals surface area contributed by atoms with Crippen molar-refractivity contribution in [2.24, 2.45) is 17.8 Å². The lowest BCUT2D eigenvalue weighted by Gasteiger charge is -2.19. The number of nitrogens with zero attached hydrogens (tertiary/aromatic N) is 1. The summed E-state index contributed by atoms with van der Waals surface area (Å²) in [4.78, 5) is 13.3. The van der Waals surface area contributed by atoms with E-state index in [4.69, 9.17) is 0 Å². The van der Waals surface area contributed by atoms with Gasteiger partial charge in [0.15, 0.2) is 0 Å². The number of rotatable bonds is 11. The first-order chi connectivity index (χ1) is 12.9. The molecule has 2 rings (SSSR count). The zero-order valence-electron chi connectivity index (χ0n) is 17.4. The molecular formula is C23H39NO3. The molecule has 0 heterocycles. The number of fused-ring (bicyclic) bond motifs is 1. The zero-order chi connectivity index (χ0) is 19.8. The molecule has 0 radical (unpaired) electrons. The maximum absolute atomic E-state index is 11.6. The summed E-state index contributed by atoms with van der Waals surface area (Å²) >= 11 is 0. The van der Waals surface area contributed by atoms with E-state index in [1.807, 2.05) is 20.2 Å². The third-order valence-electron chi connectivity index (χ3n) is 6.25. The average molecular weight is 378 g/mol. The molecule has 5 atom stereocenters. The van der Waals surface area contributed by atoms with Gasteiger partial charge in [0.1, 0.15) is 0 Å². The second-order valence-corrected chi connectivity index (χ2v) is 8.68. The van der Waals surface area contributed by atoms with Crippen molar-refractivity contribution in [1.29, 1.82) is 0 Å². The van der Waals surface area contributed by atoms with Gasteiger partial charge < -0.3 is 15.1 Å². The second kappa shape index (κ2) is 11.0. The molecule has 0 aliphatic heterocycles. The minimum Gasteiger partial charge on any atom is -0.392 e. The summed E-state index contributed by atoms with van der Waals surface area (Å²) in [6.45, 7) is 2.17. The van der Waals surface area contributed by atoms with Crippen LogP contribution in [0.25, 0.3) is 0 Å². The number of aliphatic hydroxyl groups is 2. The standard InChI is InChI=1S/C23H39NO3/c1-4-5-6-10-19(25)12-13-20-21-15-17(14-18(21)16-22(20)26)9-7-8-11-23(27)24(2)3/h12-14,18-22,25-26H,4-11,15-16H2,1-3H3/t18-,19-,20+,21-,22+/m0/s1. The summed E-state index contributed by atoms with van der Waals surface area (Å²) < 4.78 is 0. The van der Waals surface area contributed by atoms with Gasteiger partial charge in [0.25, 0.3) is 0 Å². The molecule has 0 unspecified atom stereocenters. The van der Waals surface area contributed by atoms with Crippen LogP contribution in [0, 0.1) is 17.8 Å². The Morgan fingerprint density at radius 3 is 2.78 bits per heavy atom. The summed E-state index contributed by atoms with van der Waals surface area (Å²) in [5.41, 5.74) is 1.50. The fourth-order valence-corrected chi connectivity index (χ4v) is 4.60. The van der Waals surface area contributed by atoms with Crippen molar-refractivity contribution in [1.82, 2.24) is 4.90 Å². The Hall–Kier alpha value is -1.13. The lowest BCUT2D eigenvalue weighted by atomic mass is 9.88. The third-order valence-corrected chi connectivity index (χ3v) is 6.25. The Labute approximate surface area is 165 Å². The third kappa shape index (κ3) is 6.76. The molecule has 2 N–H and O–H groups in total. The van der Waals surface area contributed by atoms with Gasteiger partial charge in [-0.25, -0.2) is 0 Å². The highest BCUT2D eigenvalue weighted by atomic mass is 16.3. The Morgan fingerprint density at radius 2 is 2.07 bits per heavy atom. The molecule has 0 aromatic heterocycles. The minimum absolute atomic E-state index is 0.167. The maximum Gasteiger partial charge on any atom is 0.222 e. The van der Waals surface area contributed by atoms with Crippen molar-refractivity contribution >= 4 is 5.91 Å². The van der Waals surface area contributed by atoms with E-state index in [0.717, 1.165) is 51.4 Å². The Balaban J connectivity index is 1.76. The number of allylic oxidation sites excluding steroid dienone is 2. The predicted molar refractivity (Wildman–Crippen MR) is 110 cm³/mol. The minimum atomic E-state index is -0.383. The number of amides is 1. The average Bonchev–Trinajstić information content (AvgIpc) is 3.13. The maximum atomic E-state index is 11.6. The number of aliphatic hydroxyl groups excluding tert-OH is 2. The molecule has 0 saturated heterocycles. The van der Waals surface area contributed by atoms with Gasteiger partial charge in [-0.1, -0.05) is 50.0 Å². The molecule has 0 aromatic carbocycles. The van der Waals surface area contributed by atoms with Crippen LogP contribution in [0.1, 0.15) is 71.1 Å². The van der Waals surface area contributed by atoms with Gasteiger partial charge in [-0.3, -0.25) is 4.79 Å². The highest BCUT2D eigenvalue weighted by Gasteiger charge is 2.43.